The van der Waals surface area contributed by atoms with Gasteiger partial charge in [0.15, 0.2) is 0 Å². The van der Waals surface area contributed by atoms with E-state index in [2.05, 4.69) is 29.9 Å². The van der Waals surface area contributed by atoms with Crippen molar-refractivity contribution in [1.29, 1.82) is 0 Å². The van der Waals surface area contributed by atoms with E-state index < -0.39 is 0 Å². The number of aromatic nitrogens is 3. The number of aliphatic hydroxyl groups is 1. The summed E-state index contributed by atoms with van der Waals surface area (Å²) < 4.78 is 7.46. The lowest BCUT2D eigenvalue weighted by molar-refractivity contribution is 0.262. The van der Waals surface area contributed by atoms with Crippen molar-refractivity contribution in [3.8, 4) is 5.75 Å². The van der Waals surface area contributed by atoms with Crippen molar-refractivity contribution >= 4 is 0 Å². The molecule has 5 heteroatoms. The van der Waals surface area contributed by atoms with E-state index in [0.717, 1.165) is 17.9 Å². The fourth-order valence-electron chi connectivity index (χ4n) is 1.93. The fraction of sp³-hybridized carbons (Fsp3) is 0.333. The summed E-state index contributed by atoms with van der Waals surface area (Å²) in [6.45, 7) is 6.50. The molecule has 0 spiro atoms. The predicted molar refractivity (Wildman–Crippen MR) is 76.3 cm³/mol. The Morgan fingerprint density at radius 1 is 1.45 bits per heavy atom. The summed E-state index contributed by atoms with van der Waals surface area (Å²) in [5.74, 6) is 0.805. The molecule has 0 fully saturated rings. The average molecular weight is 273 g/mol. The number of ether oxygens (including phenoxy) is 1. The molecule has 0 amide bonds. The van der Waals surface area contributed by atoms with Crippen molar-refractivity contribution in [2.75, 3.05) is 0 Å². The highest BCUT2D eigenvalue weighted by atomic mass is 16.5. The number of allylic oxidation sites excluding steroid dienone is 1. The molecule has 1 N–H and O–H groups in total. The Kier molecular flexibility index (Phi) is 4.90. The third-order valence-corrected chi connectivity index (χ3v) is 3.05. The zero-order valence-electron chi connectivity index (χ0n) is 11.6. The van der Waals surface area contributed by atoms with Gasteiger partial charge in [0.05, 0.1) is 13.2 Å². The van der Waals surface area contributed by atoms with Gasteiger partial charge in [0.25, 0.3) is 0 Å². The summed E-state index contributed by atoms with van der Waals surface area (Å²) in [6, 6.07) is 7.97. The van der Waals surface area contributed by atoms with Crippen molar-refractivity contribution in [2.24, 2.45) is 0 Å². The number of hydrogen-bond donors (Lipinski definition) is 1. The SMILES string of the molecule is C=CCn1nnc(CO)c1COc1cccc(CC)c1. The molecule has 1 aromatic heterocycles. The van der Waals surface area contributed by atoms with Gasteiger partial charge < -0.3 is 9.84 Å². The lowest BCUT2D eigenvalue weighted by Gasteiger charge is -2.09. The molecule has 0 saturated heterocycles. The van der Waals surface area contributed by atoms with Gasteiger partial charge in [-0.1, -0.05) is 30.3 Å². The second kappa shape index (κ2) is 6.86. The molecule has 0 unspecified atom stereocenters. The first-order chi connectivity index (χ1) is 9.78. The Morgan fingerprint density at radius 2 is 2.30 bits per heavy atom. The van der Waals surface area contributed by atoms with Crippen molar-refractivity contribution in [1.82, 2.24) is 15.0 Å². The highest BCUT2D eigenvalue weighted by Crippen LogP contribution is 2.16. The van der Waals surface area contributed by atoms with Crippen molar-refractivity contribution in [3.05, 3.63) is 53.9 Å². The molecule has 0 aliphatic heterocycles. The molecule has 1 aromatic carbocycles. The Hall–Kier alpha value is -2.14. The van der Waals surface area contributed by atoms with Gasteiger partial charge in [-0.15, -0.1) is 11.7 Å². The standard InChI is InChI=1S/C15H19N3O2/c1-3-8-18-15(14(10-19)16-17-18)11-20-13-7-5-6-12(4-2)9-13/h3,5-7,9,19H,1,4,8,10-11H2,2H3. The minimum Gasteiger partial charge on any atom is -0.487 e. The van der Waals surface area contributed by atoms with E-state index in [4.69, 9.17) is 4.74 Å². The van der Waals surface area contributed by atoms with Crippen LogP contribution in [0.15, 0.2) is 36.9 Å². The molecular weight excluding hydrogens is 254 g/mol. The smallest absolute Gasteiger partial charge is 0.132 e. The molecule has 0 radical (unpaired) electrons. The van der Waals surface area contributed by atoms with E-state index in [0.29, 0.717) is 18.8 Å². The van der Waals surface area contributed by atoms with Crippen LogP contribution in [-0.2, 0) is 26.2 Å². The third kappa shape index (κ3) is 3.24. The van der Waals surface area contributed by atoms with Crippen LogP contribution in [0.3, 0.4) is 0 Å². The lowest BCUT2D eigenvalue weighted by Crippen LogP contribution is -2.08. The van der Waals surface area contributed by atoms with Crippen LogP contribution in [0, 0.1) is 0 Å². The molecular formula is C15H19N3O2. The normalized spacial score (nSPS) is 10.5. The summed E-state index contributed by atoms with van der Waals surface area (Å²) in [5, 5.41) is 17.2. The van der Waals surface area contributed by atoms with Gasteiger partial charge in [0.2, 0.25) is 0 Å². The van der Waals surface area contributed by atoms with Crippen LogP contribution in [-0.4, -0.2) is 20.1 Å². The fourth-order valence-corrected chi connectivity index (χ4v) is 1.93. The van der Waals surface area contributed by atoms with Crippen LogP contribution in [0.2, 0.25) is 0 Å². The number of aliphatic hydroxyl groups excluding tert-OH is 1. The molecule has 106 valence electrons. The highest BCUT2D eigenvalue weighted by molar-refractivity contribution is 5.28. The van der Waals surface area contributed by atoms with Gasteiger partial charge in [-0.25, -0.2) is 4.68 Å². The van der Waals surface area contributed by atoms with E-state index in [1.165, 1.54) is 5.56 Å². The maximum atomic E-state index is 9.28. The summed E-state index contributed by atoms with van der Waals surface area (Å²) >= 11 is 0. The predicted octanol–water partition coefficient (Wildman–Crippen LogP) is 2.10. The van der Waals surface area contributed by atoms with Gasteiger partial charge in [0, 0.05) is 0 Å². The topological polar surface area (TPSA) is 60.2 Å². The molecule has 0 aliphatic carbocycles. The molecule has 5 nitrogen and oxygen atoms in total. The molecule has 2 rings (SSSR count). The number of nitrogens with zero attached hydrogens (tertiary/aromatic N) is 3. The van der Waals surface area contributed by atoms with E-state index >= 15 is 0 Å². The quantitative estimate of drug-likeness (QED) is 0.785. The van der Waals surface area contributed by atoms with Crippen LogP contribution in [0.5, 0.6) is 5.75 Å². The number of benzene rings is 1. The van der Waals surface area contributed by atoms with E-state index in [-0.39, 0.29) is 6.61 Å². The first-order valence-electron chi connectivity index (χ1n) is 6.63. The minimum absolute atomic E-state index is 0.148. The van der Waals surface area contributed by atoms with Crippen molar-refractivity contribution < 1.29 is 9.84 Å². The molecule has 1 heterocycles. The number of aryl methyl sites for hydroxylation is 1. The van der Waals surface area contributed by atoms with Crippen LogP contribution in [0.1, 0.15) is 23.9 Å². The monoisotopic (exact) mass is 273 g/mol. The molecule has 0 saturated carbocycles. The molecule has 0 bridgehead atoms. The van der Waals surface area contributed by atoms with Crippen LogP contribution in [0.25, 0.3) is 0 Å². The van der Waals surface area contributed by atoms with Gasteiger partial charge in [-0.05, 0) is 24.1 Å². The maximum absolute atomic E-state index is 9.28. The average Bonchev–Trinajstić information content (AvgIpc) is 2.88. The molecule has 0 aliphatic rings. The van der Waals surface area contributed by atoms with E-state index in [9.17, 15) is 5.11 Å². The first kappa shape index (κ1) is 14.3. The summed E-state index contributed by atoms with van der Waals surface area (Å²) in [6.07, 6.45) is 2.70. The Bertz CT molecular complexity index is 578. The van der Waals surface area contributed by atoms with Crippen LogP contribution >= 0.6 is 0 Å². The summed E-state index contributed by atoms with van der Waals surface area (Å²) in [4.78, 5) is 0. The first-order valence-corrected chi connectivity index (χ1v) is 6.63. The van der Waals surface area contributed by atoms with Gasteiger partial charge in [-0.2, -0.15) is 0 Å². The lowest BCUT2D eigenvalue weighted by atomic mass is 10.2. The van der Waals surface area contributed by atoms with Gasteiger partial charge in [0.1, 0.15) is 23.7 Å². The summed E-state index contributed by atoms with van der Waals surface area (Å²) in [7, 11) is 0. The van der Waals surface area contributed by atoms with E-state index in [1.54, 1.807) is 10.8 Å². The second-order valence-electron chi connectivity index (χ2n) is 4.40. The number of hydrogen-bond acceptors (Lipinski definition) is 4. The zero-order valence-corrected chi connectivity index (χ0v) is 11.6. The van der Waals surface area contributed by atoms with Crippen LogP contribution in [0.4, 0.5) is 0 Å². The largest absolute Gasteiger partial charge is 0.487 e. The van der Waals surface area contributed by atoms with Crippen LogP contribution < -0.4 is 4.74 Å². The molecule has 0 atom stereocenters. The maximum Gasteiger partial charge on any atom is 0.132 e. The molecule has 20 heavy (non-hydrogen) atoms. The minimum atomic E-state index is -0.148. The Morgan fingerprint density at radius 3 is 3.00 bits per heavy atom. The van der Waals surface area contributed by atoms with Gasteiger partial charge >= 0.3 is 0 Å². The second-order valence-corrected chi connectivity index (χ2v) is 4.40. The number of rotatable bonds is 7. The van der Waals surface area contributed by atoms with E-state index in [1.807, 2.05) is 18.2 Å². The van der Waals surface area contributed by atoms with Gasteiger partial charge in [-0.3, -0.25) is 0 Å². The summed E-state index contributed by atoms with van der Waals surface area (Å²) in [5.41, 5.74) is 2.54. The Labute approximate surface area is 118 Å². The molecule has 2 aromatic rings. The zero-order chi connectivity index (χ0) is 14.4. The van der Waals surface area contributed by atoms with Crippen molar-refractivity contribution in [2.45, 2.75) is 33.1 Å². The highest BCUT2D eigenvalue weighted by Gasteiger charge is 2.12. The Balaban J connectivity index is 2.12. The third-order valence-electron chi connectivity index (χ3n) is 3.05. The van der Waals surface area contributed by atoms with Crippen molar-refractivity contribution in [3.63, 3.8) is 0 Å².